The first-order chi connectivity index (χ1) is 24.3. The Hall–Kier alpha value is -6.38. The van der Waals surface area contributed by atoms with Crippen LogP contribution in [0.3, 0.4) is 0 Å². The molecule has 0 unspecified atom stereocenters. The molecule has 0 saturated carbocycles. The van der Waals surface area contributed by atoms with E-state index >= 15 is 0 Å². The van der Waals surface area contributed by atoms with Crippen LogP contribution in [0.25, 0.3) is 49.4 Å². The van der Waals surface area contributed by atoms with Crippen molar-refractivity contribution in [2.45, 2.75) is 5.41 Å². The summed E-state index contributed by atoms with van der Waals surface area (Å²) in [5.74, 6) is 1.76. The highest BCUT2D eigenvalue weighted by Gasteiger charge is 2.45. The van der Waals surface area contributed by atoms with E-state index in [-0.39, 0.29) is 0 Å². The summed E-state index contributed by atoms with van der Waals surface area (Å²) in [6, 6.07) is 67.9. The number of aromatic nitrogens is 1. The Morgan fingerprint density at radius 1 is 0.408 bits per heavy atom. The van der Waals surface area contributed by atoms with Gasteiger partial charge in [0.15, 0.2) is 0 Å². The van der Waals surface area contributed by atoms with Crippen LogP contribution in [0, 0.1) is 0 Å². The monoisotopic (exact) mass is 625 g/mol. The summed E-state index contributed by atoms with van der Waals surface area (Å²) < 4.78 is 9.10. The molecule has 10 rings (SSSR count). The van der Waals surface area contributed by atoms with Gasteiger partial charge in [-0.1, -0.05) is 140 Å². The maximum Gasteiger partial charge on any atom is 0.132 e. The summed E-state index contributed by atoms with van der Waals surface area (Å²) in [6.45, 7) is 0. The fourth-order valence-electron chi connectivity index (χ4n) is 8.22. The van der Waals surface area contributed by atoms with Gasteiger partial charge in [-0.25, -0.2) is 0 Å². The van der Waals surface area contributed by atoms with Crippen molar-refractivity contribution in [3.8, 4) is 28.3 Å². The second-order valence-electron chi connectivity index (χ2n) is 12.9. The zero-order valence-corrected chi connectivity index (χ0v) is 26.8. The van der Waals surface area contributed by atoms with E-state index in [2.05, 4.69) is 193 Å². The van der Waals surface area contributed by atoms with Crippen LogP contribution >= 0.6 is 0 Å². The van der Waals surface area contributed by atoms with Gasteiger partial charge in [0.1, 0.15) is 11.5 Å². The van der Waals surface area contributed by atoms with Crippen molar-refractivity contribution in [2.24, 2.45) is 0 Å². The van der Waals surface area contributed by atoms with E-state index in [4.69, 9.17) is 4.74 Å². The maximum absolute atomic E-state index is 6.71. The van der Waals surface area contributed by atoms with E-state index in [0.717, 1.165) is 33.9 Å². The number of ether oxygens (including phenoxy) is 1. The van der Waals surface area contributed by atoms with E-state index in [1.54, 1.807) is 0 Å². The van der Waals surface area contributed by atoms with Crippen LogP contribution in [0.2, 0.25) is 0 Å². The number of rotatable bonds is 4. The van der Waals surface area contributed by atoms with Crippen LogP contribution in [-0.2, 0) is 5.41 Å². The number of nitrogens with zero attached hydrogens (tertiary/aromatic N) is 1. The molecule has 0 atom stereocenters. The lowest BCUT2D eigenvalue weighted by Crippen LogP contribution is -2.34. The van der Waals surface area contributed by atoms with Gasteiger partial charge in [-0.15, -0.1) is 0 Å². The SMILES string of the molecule is c1ccc(-n2c3ccccc3c3cc4cccc(-c5ccc6c(c5)C(c5ccccc5)(c5ccccc5)c5ccccc5O6)c4cc32)cc1. The molecule has 0 bridgehead atoms. The normalized spacial score (nSPS) is 13.2. The Labute approximate surface area is 285 Å². The fraction of sp³-hybridized carbons (Fsp3) is 0.0213. The maximum atomic E-state index is 6.71. The van der Waals surface area contributed by atoms with Gasteiger partial charge in [0.2, 0.25) is 0 Å². The molecule has 1 aliphatic rings. The topological polar surface area (TPSA) is 14.2 Å². The largest absolute Gasteiger partial charge is 0.457 e. The third-order valence-corrected chi connectivity index (χ3v) is 10.3. The van der Waals surface area contributed by atoms with E-state index in [0.29, 0.717) is 0 Å². The summed E-state index contributed by atoms with van der Waals surface area (Å²) >= 11 is 0. The van der Waals surface area contributed by atoms with Crippen LogP contribution in [0.15, 0.2) is 188 Å². The number of para-hydroxylation sites is 3. The van der Waals surface area contributed by atoms with Crippen LogP contribution in [0.1, 0.15) is 22.3 Å². The van der Waals surface area contributed by atoms with E-state index in [1.807, 2.05) is 0 Å². The Morgan fingerprint density at radius 2 is 1.06 bits per heavy atom. The van der Waals surface area contributed by atoms with Gasteiger partial charge in [-0.05, 0) is 81.6 Å². The predicted molar refractivity (Wildman–Crippen MR) is 202 cm³/mol. The molecule has 2 nitrogen and oxygen atoms in total. The van der Waals surface area contributed by atoms with Gasteiger partial charge in [0.25, 0.3) is 0 Å². The molecule has 49 heavy (non-hydrogen) atoms. The molecule has 230 valence electrons. The molecule has 1 aromatic heterocycles. The zero-order chi connectivity index (χ0) is 32.4. The first-order valence-corrected chi connectivity index (χ1v) is 16.9. The van der Waals surface area contributed by atoms with Crippen LogP contribution in [0.5, 0.6) is 11.5 Å². The number of hydrogen-bond donors (Lipinski definition) is 0. The molecule has 0 saturated heterocycles. The molecule has 1 aliphatic heterocycles. The molecular formula is C47H31NO. The van der Waals surface area contributed by atoms with Gasteiger partial charge in [0.05, 0.1) is 16.4 Å². The van der Waals surface area contributed by atoms with Gasteiger partial charge in [-0.2, -0.15) is 0 Å². The Morgan fingerprint density at radius 3 is 1.84 bits per heavy atom. The smallest absolute Gasteiger partial charge is 0.132 e. The van der Waals surface area contributed by atoms with Crippen molar-refractivity contribution in [1.82, 2.24) is 4.57 Å². The standard InChI is InChI=1S/C47H31NO/c1-4-16-34(17-5-1)47(35-18-6-2-7-19-35)41-24-11-13-26-45(41)49-46-28-27-33(30-42(46)47)37-23-14-15-32-29-40-38-22-10-12-25-43(38)48(44(40)31-39(32)37)36-20-8-3-9-21-36/h1-31H. The second kappa shape index (κ2) is 10.8. The number of fused-ring (bicyclic) bond motifs is 6. The van der Waals surface area contributed by atoms with Crippen LogP contribution < -0.4 is 4.74 Å². The lowest BCUT2D eigenvalue weighted by atomic mass is 9.63. The van der Waals surface area contributed by atoms with Crippen molar-refractivity contribution in [1.29, 1.82) is 0 Å². The van der Waals surface area contributed by atoms with Crippen molar-refractivity contribution in [3.63, 3.8) is 0 Å². The third-order valence-electron chi connectivity index (χ3n) is 10.3. The lowest BCUT2D eigenvalue weighted by molar-refractivity contribution is 0.434. The van der Waals surface area contributed by atoms with Gasteiger partial charge in [-0.3, -0.25) is 0 Å². The minimum Gasteiger partial charge on any atom is -0.457 e. The summed E-state index contributed by atoms with van der Waals surface area (Å²) in [5, 5.41) is 4.95. The molecule has 0 fully saturated rings. The van der Waals surface area contributed by atoms with Crippen LogP contribution in [-0.4, -0.2) is 4.57 Å². The second-order valence-corrected chi connectivity index (χ2v) is 12.9. The Balaban J connectivity index is 1.27. The highest BCUT2D eigenvalue weighted by atomic mass is 16.5. The van der Waals surface area contributed by atoms with E-state index in [9.17, 15) is 0 Å². The molecule has 0 radical (unpaired) electrons. The quantitative estimate of drug-likeness (QED) is 0.190. The van der Waals surface area contributed by atoms with Crippen molar-refractivity contribution < 1.29 is 4.74 Å². The Bertz CT molecular complexity index is 2630. The third kappa shape index (κ3) is 4.07. The molecular weight excluding hydrogens is 595 g/mol. The lowest BCUT2D eigenvalue weighted by Gasteiger charge is -2.41. The molecule has 0 N–H and O–H groups in total. The highest BCUT2D eigenvalue weighted by Crippen LogP contribution is 2.56. The summed E-state index contributed by atoms with van der Waals surface area (Å²) in [6.07, 6.45) is 0. The predicted octanol–water partition coefficient (Wildman–Crippen LogP) is 12.1. The molecule has 8 aromatic carbocycles. The van der Waals surface area contributed by atoms with E-state index in [1.165, 1.54) is 49.3 Å². The molecule has 0 aliphatic carbocycles. The average Bonchev–Trinajstić information content (AvgIpc) is 3.50. The molecule has 2 heterocycles. The van der Waals surface area contributed by atoms with Gasteiger partial charge in [0, 0.05) is 27.6 Å². The molecule has 0 spiro atoms. The van der Waals surface area contributed by atoms with Gasteiger partial charge >= 0.3 is 0 Å². The van der Waals surface area contributed by atoms with Crippen molar-refractivity contribution in [2.75, 3.05) is 0 Å². The fourth-order valence-corrected chi connectivity index (χ4v) is 8.22. The minimum atomic E-state index is -0.569. The van der Waals surface area contributed by atoms with E-state index < -0.39 is 5.41 Å². The summed E-state index contributed by atoms with van der Waals surface area (Å²) in [4.78, 5) is 0. The first-order valence-electron chi connectivity index (χ1n) is 16.9. The average molecular weight is 626 g/mol. The molecule has 2 heteroatoms. The molecule has 9 aromatic rings. The minimum absolute atomic E-state index is 0.569. The number of hydrogen-bond acceptors (Lipinski definition) is 1. The summed E-state index contributed by atoms with van der Waals surface area (Å²) in [7, 11) is 0. The first kappa shape index (κ1) is 27.7. The molecule has 0 amide bonds. The number of benzene rings is 8. The van der Waals surface area contributed by atoms with Gasteiger partial charge < -0.3 is 9.30 Å². The highest BCUT2D eigenvalue weighted by molar-refractivity contribution is 6.15. The Kier molecular flexibility index (Phi) is 6.13. The van der Waals surface area contributed by atoms with Crippen LogP contribution in [0.4, 0.5) is 0 Å². The summed E-state index contributed by atoms with van der Waals surface area (Å²) in [5.41, 5.74) is 10.1. The van der Waals surface area contributed by atoms with Crippen molar-refractivity contribution >= 4 is 32.6 Å². The zero-order valence-electron chi connectivity index (χ0n) is 26.8. The van der Waals surface area contributed by atoms with Crippen molar-refractivity contribution in [3.05, 3.63) is 210 Å².